The van der Waals surface area contributed by atoms with Gasteiger partial charge in [-0.25, -0.2) is 0 Å². The fourth-order valence-electron chi connectivity index (χ4n) is 2.27. The first-order valence-electron chi connectivity index (χ1n) is 4.71. The van der Waals surface area contributed by atoms with Gasteiger partial charge in [-0.05, 0) is 19.3 Å². The number of carbonyl (C=O) groups is 2. The van der Waals surface area contributed by atoms with Gasteiger partial charge >= 0.3 is 5.97 Å². The molecule has 0 aromatic rings. The van der Waals surface area contributed by atoms with Crippen LogP contribution in [0.25, 0.3) is 0 Å². The summed E-state index contributed by atoms with van der Waals surface area (Å²) in [4.78, 5) is 23.8. The average Bonchev–Trinajstić information content (AvgIpc) is 2.47. The van der Waals surface area contributed by atoms with E-state index in [1.807, 2.05) is 0 Å². The predicted octanol–water partition coefficient (Wildman–Crippen LogP) is 0.472. The van der Waals surface area contributed by atoms with Gasteiger partial charge in [0.1, 0.15) is 0 Å². The zero-order valence-corrected chi connectivity index (χ0v) is 7.40. The molecule has 0 aliphatic carbocycles. The van der Waals surface area contributed by atoms with Crippen LogP contribution in [0.1, 0.15) is 25.7 Å². The summed E-state index contributed by atoms with van der Waals surface area (Å²) in [6.45, 7) is 0.429. The molecule has 2 rings (SSSR count). The molecule has 0 bridgehead atoms. The Hall–Kier alpha value is -1.06. The summed E-state index contributed by atoms with van der Waals surface area (Å²) in [5.74, 6) is -0.965. The number of carboxylic acids is 1. The van der Waals surface area contributed by atoms with Crippen molar-refractivity contribution < 1.29 is 14.7 Å². The van der Waals surface area contributed by atoms with E-state index in [0.717, 1.165) is 19.3 Å². The molecule has 1 amide bonds. The van der Waals surface area contributed by atoms with Crippen LogP contribution in [0.4, 0.5) is 0 Å². The Labute approximate surface area is 76.5 Å². The lowest BCUT2D eigenvalue weighted by molar-refractivity contribution is -0.145. The fourth-order valence-corrected chi connectivity index (χ4v) is 2.27. The van der Waals surface area contributed by atoms with Gasteiger partial charge in [-0.2, -0.15) is 0 Å². The summed E-state index contributed by atoms with van der Waals surface area (Å²) in [7, 11) is 0. The molecule has 2 saturated heterocycles. The van der Waals surface area contributed by atoms with Crippen LogP contribution in [0.2, 0.25) is 0 Å². The first kappa shape index (κ1) is 8.53. The molecular formula is C9H13NO3. The molecule has 2 heterocycles. The molecule has 2 aliphatic rings. The molecule has 2 atom stereocenters. The van der Waals surface area contributed by atoms with Crippen molar-refractivity contribution in [2.75, 3.05) is 6.54 Å². The van der Waals surface area contributed by atoms with Crippen molar-refractivity contribution in [3.05, 3.63) is 0 Å². The Morgan fingerprint density at radius 2 is 2.15 bits per heavy atom. The molecule has 0 aromatic heterocycles. The lowest BCUT2D eigenvalue weighted by Gasteiger charge is -2.33. The van der Waals surface area contributed by atoms with Crippen LogP contribution in [-0.2, 0) is 9.59 Å². The highest BCUT2D eigenvalue weighted by molar-refractivity contribution is 5.80. The van der Waals surface area contributed by atoms with Gasteiger partial charge in [0.15, 0.2) is 0 Å². The van der Waals surface area contributed by atoms with Crippen molar-refractivity contribution >= 4 is 11.9 Å². The van der Waals surface area contributed by atoms with Crippen molar-refractivity contribution in [2.45, 2.75) is 31.7 Å². The first-order valence-corrected chi connectivity index (χ1v) is 4.71. The van der Waals surface area contributed by atoms with Crippen LogP contribution in [0.15, 0.2) is 0 Å². The molecule has 0 saturated carbocycles. The average molecular weight is 183 g/mol. The fraction of sp³-hybridized carbons (Fsp3) is 0.778. The predicted molar refractivity (Wildman–Crippen MR) is 45.1 cm³/mol. The minimum Gasteiger partial charge on any atom is -0.481 e. The summed E-state index contributed by atoms with van der Waals surface area (Å²) in [5.41, 5.74) is 0. The van der Waals surface area contributed by atoms with E-state index in [4.69, 9.17) is 5.11 Å². The van der Waals surface area contributed by atoms with Gasteiger partial charge in [-0.15, -0.1) is 0 Å². The van der Waals surface area contributed by atoms with E-state index < -0.39 is 5.97 Å². The standard InChI is InChI=1S/C9H13NO3/c11-8-4-3-7-2-1-6(9(12)13)5-10(7)8/h6-7H,1-5H2,(H,12,13)/t6-,7?/m0/s1. The molecule has 72 valence electrons. The van der Waals surface area contributed by atoms with Gasteiger partial charge in [-0.3, -0.25) is 9.59 Å². The molecule has 4 nitrogen and oxygen atoms in total. The Morgan fingerprint density at radius 3 is 2.85 bits per heavy atom. The third-order valence-corrected chi connectivity index (χ3v) is 3.07. The van der Waals surface area contributed by atoms with Crippen LogP contribution in [0.5, 0.6) is 0 Å². The van der Waals surface area contributed by atoms with E-state index in [9.17, 15) is 9.59 Å². The molecule has 2 fully saturated rings. The van der Waals surface area contributed by atoms with Crippen LogP contribution in [0, 0.1) is 5.92 Å². The highest BCUT2D eigenvalue weighted by Gasteiger charge is 2.38. The number of piperidine rings is 1. The van der Waals surface area contributed by atoms with E-state index in [-0.39, 0.29) is 11.8 Å². The zero-order chi connectivity index (χ0) is 9.42. The summed E-state index contributed by atoms with van der Waals surface area (Å²) < 4.78 is 0. The van der Waals surface area contributed by atoms with Gasteiger partial charge in [-0.1, -0.05) is 0 Å². The Morgan fingerprint density at radius 1 is 1.38 bits per heavy atom. The summed E-state index contributed by atoms with van der Waals surface area (Å²) in [5, 5.41) is 8.81. The number of carboxylic acid groups (broad SMARTS) is 1. The van der Waals surface area contributed by atoms with Crippen LogP contribution >= 0.6 is 0 Å². The second-order valence-electron chi connectivity index (χ2n) is 3.85. The van der Waals surface area contributed by atoms with Crippen molar-refractivity contribution in [2.24, 2.45) is 5.92 Å². The highest BCUT2D eigenvalue weighted by Crippen LogP contribution is 2.30. The highest BCUT2D eigenvalue weighted by atomic mass is 16.4. The summed E-state index contributed by atoms with van der Waals surface area (Å²) in [6.07, 6.45) is 3.12. The maximum Gasteiger partial charge on any atom is 0.308 e. The Kier molecular flexibility index (Phi) is 1.98. The van der Waals surface area contributed by atoms with Crippen molar-refractivity contribution in [3.8, 4) is 0 Å². The van der Waals surface area contributed by atoms with Crippen molar-refractivity contribution in [3.63, 3.8) is 0 Å². The van der Waals surface area contributed by atoms with Gasteiger partial charge in [0.25, 0.3) is 0 Å². The molecule has 2 aliphatic heterocycles. The molecule has 1 N–H and O–H groups in total. The maximum atomic E-state index is 11.3. The molecule has 0 aromatic carbocycles. The van der Waals surface area contributed by atoms with Crippen LogP contribution in [-0.4, -0.2) is 34.5 Å². The van der Waals surface area contributed by atoms with E-state index in [2.05, 4.69) is 0 Å². The molecule has 1 unspecified atom stereocenters. The quantitative estimate of drug-likeness (QED) is 0.643. The SMILES string of the molecule is O=C(O)[C@H]1CCC2CCC(=O)N2C1. The van der Waals surface area contributed by atoms with E-state index >= 15 is 0 Å². The molecule has 13 heavy (non-hydrogen) atoms. The van der Waals surface area contributed by atoms with Gasteiger partial charge < -0.3 is 10.0 Å². The smallest absolute Gasteiger partial charge is 0.308 e. The van der Waals surface area contributed by atoms with E-state index in [0.29, 0.717) is 19.0 Å². The maximum absolute atomic E-state index is 11.3. The number of amides is 1. The largest absolute Gasteiger partial charge is 0.481 e. The number of rotatable bonds is 1. The zero-order valence-electron chi connectivity index (χ0n) is 7.40. The lowest BCUT2D eigenvalue weighted by Crippen LogP contribution is -2.43. The van der Waals surface area contributed by atoms with Gasteiger partial charge in [0.2, 0.25) is 5.91 Å². The first-order chi connectivity index (χ1) is 6.18. The Bertz CT molecular complexity index is 251. The van der Waals surface area contributed by atoms with E-state index in [1.165, 1.54) is 0 Å². The number of hydrogen-bond donors (Lipinski definition) is 1. The minimum absolute atomic E-state index is 0.135. The second kappa shape index (κ2) is 3.01. The normalized spacial score (nSPS) is 33.2. The number of nitrogens with zero attached hydrogens (tertiary/aromatic N) is 1. The number of carbonyl (C=O) groups excluding carboxylic acids is 1. The van der Waals surface area contributed by atoms with Crippen LogP contribution in [0.3, 0.4) is 0 Å². The monoisotopic (exact) mass is 183 g/mol. The molecule has 0 spiro atoms. The van der Waals surface area contributed by atoms with Crippen molar-refractivity contribution in [1.29, 1.82) is 0 Å². The minimum atomic E-state index is -0.766. The van der Waals surface area contributed by atoms with Crippen molar-refractivity contribution in [1.82, 2.24) is 4.90 Å². The molecular weight excluding hydrogens is 170 g/mol. The second-order valence-corrected chi connectivity index (χ2v) is 3.85. The molecule has 4 heteroatoms. The Balaban J connectivity index is 2.05. The summed E-state index contributed by atoms with van der Waals surface area (Å²) in [6, 6.07) is 0.336. The summed E-state index contributed by atoms with van der Waals surface area (Å²) >= 11 is 0. The lowest BCUT2D eigenvalue weighted by atomic mass is 9.93. The van der Waals surface area contributed by atoms with Gasteiger partial charge in [0.05, 0.1) is 5.92 Å². The number of aliphatic carboxylic acids is 1. The third-order valence-electron chi connectivity index (χ3n) is 3.07. The van der Waals surface area contributed by atoms with Crippen LogP contribution < -0.4 is 0 Å². The number of hydrogen-bond acceptors (Lipinski definition) is 2. The molecule has 0 radical (unpaired) electrons. The third kappa shape index (κ3) is 1.41. The number of fused-ring (bicyclic) bond motifs is 1. The topological polar surface area (TPSA) is 57.6 Å². The van der Waals surface area contributed by atoms with E-state index in [1.54, 1.807) is 4.90 Å². The van der Waals surface area contributed by atoms with Gasteiger partial charge in [0, 0.05) is 19.0 Å².